The van der Waals surface area contributed by atoms with Gasteiger partial charge >= 0.3 is 17.7 Å². The Morgan fingerprint density at radius 3 is 2.04 bits per heavy atom. The maximum Gasteiger partial charge on any atom is 0.446 e. The lowest BCUT2D eigenvalue weighted by molar-refractivity contribution is -0.137. The summed E-state index contributed by atoms with van der Waals surface area (Å²) in [6.07, 6.45) is -4.77. The maximum atomic E-state index is 12.9. The number of rotatable bonds is 4. The predicted octanol–water partition coefficient (Wildman–Crippen LogP) is 5.61. The molecule has 1 aromatic carbocycles. The molecule has 0 saturated heterocycles. The Morgan fingerprint density at radius 1 is 1.11 bits per heavy atom. The number of esters is 1. The van der Waals surface area contributed by atoms with Crippen LogP contribution in [0.25, 0.3) is 5.69 Å². The van der Waals surface area contributed by atoms with Crippen molar-refractivity contribution in [2.45, 2.75) is 16.6 Å². The SMILES string of the molecule is COC(=O)c1nn(-c2c(Cl)cc(C(F)(F)F)cc2Cl)c(OC)c1SC(F)(F)F. The fourth-order valence-electron chi connectivity index (χ4n) is 2.09. The molecular formula is C14H8Cl2F6N2O3S. The number of nitrogens with zero attached hydrogens (tertiary/aromatic N) is 2. The van der Waals surface area contributed by atoms with Gasteiger partial charge in [0.2, 0.25) is 5.88 Å². The van der Waals surface area contributed by atoms with Crippen LogP contribution < -0.4 is 4.74 Å². The molecule has 28 heavy (non-hydrogen) atoms. The number of benzene rings is 1. The van der Waals surface area contributed by atoms with Crippen molar-refractivity contribution in [3.05, 3.63) is 33.4 Å². The van der Waals surface area contributed by atoms with Gasteiger partial charge in [-0.1, -0.05) is 23.2 Å². The molecule has 0 fully saturated rings. The van der Waals surface area contributed by atoms with Crippen molar-refractivity contribution in [1.29, 1.82) is 0 Å². The van der Waals surface area contributed by atoms with E-state index in [2.05, 4.69) is 9.84 Å². The number of hydrogen-bond donors (Lipinski definition) is 0. The molecule has 0 spiro atoms. The predicted molar refractivity (Wildman–Crippen MR) is 88.4 cm³/mol. The summed E-state index contributed by atoms with van der Waals surface area (Å²) in [5, 5.41) is 2.50. The number of hydrogen-bond acceptors (Lipinski definition) is 5. The second-order valence-corrected chi connectivity index (χ2v) is 6.81. The number of halogens is 8. The highest BCUT2D eigenvalue weighted by Crippen LogP contribution is 2.46. The number of thioether (sulfide) groups is 1. The topological polar surface area (TPSA) is 53.3 Å². The molecule has 0 bridgehead atoms. The Labute approximate surface area is 167 Å². The first-order chi connectivity index (χ1) is 12.8. The third-order valence-corrected chi connectivity index (χ3v) is 4.53. The highest BCUT2D eigenvalue weighted by Gasteiger charge is 2.38. The summed E-state index contributed by atoms with van der Waals surface area (Å²) in [7, 11) is 1.88. The lowest BCUT2D eigenvalue weighted by Gasteiger charge is -2.14. The van der Waals surface area contributed by atoms with Gasteiger partial charge in [-0.3, -0.25) is 0 Å². The largest absolute Gasteiger partial charge is 0.480 e. The fraction of sp³-hybridized carbons (Fsp3) is 0.286. The summed E-state index contributed by atoms with van der Waals surface area (Å²) in [5.41, 5.74) is -7.21. The number of aromatic nitrogens is 2. The normalized spacial score (nSPS) is 12.2. The number of alkyl halides is 6. The molecule has 1 aromatic heterocycles. The molecule has 0 atom stereocenters. The van der Waals surface area contributed by atoms with E-state index in [1.807, 2.05) is 0 Å². The zero-order chi connectivity index (χ0) is 21.4. The maximum absolute atomic E-state index is 12.9. The van der Waals surface area contributed by atoms with Gasteiger partial charge in [0, 0.05) is 0 Å². The van der Waals surface area contributed by atoms with E-state index in [4.69, 9.17) is 27.9 Å². The zero-order valence-electron chi connectivity index (χ0n) is 13.7. The van der Waals surface area contributed by atoms with Gasteiger partial charge in [0.25, 0.3) is 0 Å². The van der Waals surface area contributed by atoms with E-state index >= 15 is 0 Å². The average molecular weight is 469 g/mol. The average Bonchev–Trinajstić information content (AvgIpc) is 2.88. The first-order valence-electron chi connectivity index (χ1n) is 6.87. The second kappa shape index (κ2) is 7.91. The van der Waals surface area contributed by atoms with Crippen LogP contribution in [0.4, 0.5) is 26.3 Å². The highest BCUT2D eigenvalue weighted by molar-refractivity contribution is 8.00. The minimum absolute atomic E-state index is 0.410. The van der Waals surface area contributed by atoms with Gasteiger partial charge in [0.05, 0.1) is 29.8 Å². The van der Waals surface area contributed by atoms with Crippen molar-refractivity contribution in [3.63, 3.8) is 0 Å². The van der Waals surface area contributed by atoms with Crippen LogP contribution in [0.15, 0.2) is 17.0 Å². The molecular weight excluding hydrogens is 461 g/mol. The van der Waals surface area contributed by atoms with Gasteiger partial charge in [-0.2, -0.15) is 36.1 Å². The first kappa shape index (κ1) is 22.5. The Kier molecular flexibility index (Phi) is 6.36. The molecule has 0 radical (unpaired) electrons. The van der Waals surface area contributed by atoms with Gasteiger partial charge in [0.1, 0.15) is 10.6 Å². The lowest BCUT2D eigenvalue weighted by Crippen LogP contribution is -2.09. The molecule has 0 aliphatic carbocycles. The summed E-state index contributed by atoms with van der Waals surface area (Å²) < 4.78 is 87.2. The molecule has 2 rings (SSSR count). The van der Waals surface area contributed by atoms with E-state index in [1.165, 1.54) is 0 Å². The van der Waals surface area contributed by atoms with Crippen LogP contribution in [0.3, 0.4) is 0 Å². The standard InChI is InChI=1S/C14H8Cl2F6N2O3S/c1-26-11-10(28-14(20,21)22)8(12(25)27-2)23-24(11)9-6(15)3-5(4-7(9)16)13(17,18)19/h3-4H,1-2H3. The number of ether oxygens (including phenoxy) is 2. The Bertz CT molecular complexity index is 891. The van der Waals surface area contributed by atoms with Gasteiger partial charge in [-0.25, -0.2) is 4.79 Å². The number of carbonyl (C=O) groups excluding carboxylic acids is 1. The minimum Gasteiger partial charge on any atom is -0.480 e. The molecule has 0 amide bonds. The van der Waals surface area contributed by atoms with Gasteiger partial charge in [-0.15, -0.1) is 0 Å². The molecule has 154 valence electrons. The van der Waals surface area contributed by atoms with E-state index in [0.29, 0.717) is 16.8 Å². The monoisotopic (exact) mass is 468 g/mol. The van der Waals surface area contributed by atoms with Crippen molar-refractivity contribution in [2.75, 3.05) is 14.2 Å². The molecule has 1 heterocycles. The van der Waals surface area contributed by atoms with Crippen LogP contribution in [-0.4, -0.2) is 35.5 Å². The Balaban J connectivity index is 2.78. The molecule has 0 saturated carbocycles. The first-order valence-corrected chi connectivity index (χ1v) is 8.45. The van der Waals surface area contributed by atoms with Gasteiger partial charge in [0.15, 0.2) is 5.69 Å². The van der Waals surface area contributed by atoms with Crippen molar-refractivity contribution in [1.82, 2.24) is 9.78 Å². The summed E-state index contributed by atoms with van der Waals surface area (Å²) in [6.45, 7) is 0. The van der Waals surface area contributed by atoms with Crippen molar-refractivity contribution >= 4 is 40.9 Å². The molecule has 0 N–H and O–H groups in total. The van der Waals surface area contributed by atoms with Gasteiger partial charge in [-0.05, 0) is 23.9 Å². The molecule has 0 aliphatic rings. The Morgan fingerprint density at radius 2 is 1.64 bits per heavy atom. The van der Waals surface area contributed by atoms with Crippen molar-refractivity contribution in [3.8, 4) is 11.6 Å². The summed E-state index contributed by atoms with van der Waals surface area (Å²) in [6, 6.07) is 1.02. The summed E-state index contributed by atoms with van der Waals surface area (Å²) in [4.78, 5) is 11.1. The highest BCUT2D eigenvalue weighted by atomic mass is 35.5. The summed E-state index contributed by atoms with van der Waals surface area (Å²) >= 11 is 11.0. The van der Waals surface area contributed by atoms with E-state index in [0.717, 1.165) is 14.2 Å². The second-order valence-electron chi connectivity index (χ2n) is 4.92. The third kappa shape index (κ3) is 4.61. The van der Waals surface area contributed by atoms with Crippen LogP contribution in [-0.2, 0) is 10.9 Å². The fourth-order valence-corrected chi connectivity index (χ4v) is 3.45. The third-order valence-electron chi connectivity index (χ3n) is 3.15. The van der Waals surface area contributed by atoms with E-state index in [1.54, 1.807) is 0 Å². The van der Waals surface area contributed by atoms with Crippen LogP contribution in [0, 0.1) is 0 Å². The lowest BCUT2D eigenvalue weighted by atomic mass is 10.2. The van der Waals surface area contributed by atoms with Crippen LogP contribution in [0.1, 0.15) is 16.1 Å². The van der Waals surface area contributed by atoms with E-state index in [9.17, 15) is 31.1 Å². The number of methoxy groups -OCH3 is 2. The molecule has 2 aromatic rings. The number of carbonyl (C=O) groups is 1. The molecule has 5 nitrogen and oxygen atoms in total. The summed E-state index contributed by atoms with van der Waals surface area (Å²) in [5.74, 6) is -1.85. The quantitative estimate of drug-likeness (QED) is 0.331. The smallest absolute Gasteiger partial charge is 0.446 e. The van der Waals surface area contributed by atoms with Crippen LogP contribution in [0.2, 0.25) is 10.0 Å². The van der Waals surface area contributed by atoms with E-state index in [-0.39, 0.29) is 0 Å². The molecule has 0 unspecified atom stereocenters. The van der Waals surface area contributed by atoms with Crippen LogP contribution >= 0.6 is 35.0 Å². The molecule has 0 aliphatic heterocycles. The van der Waals surface area contributed by atoms with Gasteiger partial charge < -0.3 is 9.47 Å². The Hall–Kier alpha value is -1.79. The van der Waals surface area contributed by atoms with Crippen molar-refractivity contribution < 1.29 is 40.6 Å². The van der Waals surface area contributed by atoms with E-state index < -0.39 is 67.2 Å². The van der Waals surface area contributed by atoms with Crippen molar-refractivity contribution in [2.24, 2.45) is 0 Å². The minimum atomic E-state index is -4.84. The molecule has 14 heteroatoms. The van der Waals surface area contributed by atoms with Crippen LogP contribution in [0.5, 0.6) is 5.88 Å². The zero-order valence-corrected chi connectivity index (χ0v) is 16.0.